The van der Waals surface area contributed by atoms with Crippen LogP contribution in [-0.2, 0) is 11.2 Å². The summed E-state index contributed by atoms with van der Waals surface area (Å²) in [6.07, 6.45) is 5.48. The number of benzene rings is 1. The third-order valence-electron chi connectivity index (χ3n) is 4.17. The molecule has 0 aromatic heterocycles. The van der Waals surface area contributed by atoms with Gasteiger partial charge in [-0.05, 0) is 31.2 Å². The number of hydrogen-bond donors (Lipinski definition) is 1. The zero-order valence-electron chi connectivity index (χ0n) is 11.3. The van der Waals surface area contributed by atoms with Crippen molar-refractivity contribution in [3.8, 4) is 0 Å². The number of carbonyl (C=O) groups excluding carboxylic acids is 1. The average Bonchev–Trinajstić information content (AvgIpc) is 3.25. The van der Waals surface area contributed by atoms with Gasteiger partial charge in [0, 0.05) is 25.2 Å². The Hall–Kier alpha value is -1.35. The molecule has 1 N–H and O–H groups in total. The Balaban J connectivity index is 1.43. The molecular formula is C16H22N2O. The Kier molecular flexibility index (Phi) is 3.83. The van der Waals surface area contributed by atoms with Crippen LogP contribution in [0.15, 0.2) is 30.3 Å². The van der Waals surface area contributed by atoms with Crippen molar-refractivity contribution in [2.45, 2.75) is 44.2 Å². The van der Waals surface area contributed by atoms with Crippen LogP contribution in [0.5, 0.6) is 0 Å². The molecule has 3 heteroatoms. The smallest absolute Gasteiger partial charge is 0.224 e. The van der Waals surface area contributed by atoms with Crippen molar-refractivity contribution in [3.63, 3.8) is 0 Å². The average molecular weight is 258 g/mol. The largest absolute Gasteiger partial charge is 0.353 e. The van der Waals surface area contributed by atoms with Gasteiger partial charge in [-0.1, -0.05) is 30.3 Å². The second-order valence-electron chi connectivity index (χ2n) is 5.77. The molecule has 1 amide bonds. The zero-order valence-corrected chi connectivity index (χ0v) is 11.3. The number of nitrogens with one attached hydrogen (secondary N) is 1. The van der Waals surface area contributed by atoms with E-state index in [0.29, 0.717) is 12.5 Å². The molecule has 1 aliphatic carbocycles. The van der Waals surface area contributed by atoms with E-state index in [1.54, 1.807) is 0 Å². The first-order valence-electron chi connectivity index (χ1n) is 7.38. The second-order valence-corrected chi connectivity index (χ2v) is 5.77. The summed E-state index contributed by atoms with van der Waals surface area (Å²) >= 11 is 0. The highest BCUT2D eigenvalue weighted by Gasteiger charge is 2.31. The molecule has 0 spiro atoms. The zero-order chi connectivity index (χ0) is 13.1. The maximum atomic E-state index is 12.0. The molecule has 1 aromatic rings. The Labute approximate surface area is 115 Å². The first-order valence-corrected chi connectivity index (χ1v) is 7.38. The molecule has 19 heavy (non-hydrogen) atoms. The predicted octanol–water partition coefficient (Wildman–Crippen LogP) is 1.97. The van der Waals surface area contributed by atoms with Gasteiger partial charge in [0.05, 0.1) is 6.42 Å². The lowest BCUT2D eigenvalue weighted by molar-refractivity contribution is -0.121. The molecule has 2 fully saturated rings. The van der Waals surface area contributed by atoms with Gasteiger partial charge >= 0.3 is 0 Å². The lowest BCUT2D eigenvalue weighted by Gasteiger charge is -2.32. The van der Waals surface area contributed by atoms with Crippen LogP contribution in [0.3, 0.4) is 0 Å². The van der Waals surface area contributed by atoms with Gasteiger partial charge in [0.25, 0.3) is 0 Å². The monoisotopic (exact) mass is 258 g/mol. The molecule has 0 unspecified atom stereocenters. The molecule has 3 rings (SSSR count). The molecule has 0 bridgehead atoms. The fourth-order valence-corrected chi connectivity index (χ4v) is 2.91. The van der Waals surface area contributed by atoms with Crippen LogP contribution in [-0.4, -0.2) is 36.0 Å². The molecule has 0 radical (unpaired) electrons. The van der Waals surface area contributed by atoms with Gasteiger partial charge < -0.3 is 10.2 Å². The molecule has 1 aromatic carbocycles. The van der Waals surface area contributed by atoms with Crippen molar-refractivity contribution in [1.29, 1.82) is 0 Å². The van der Waals surface area contributed by atoms with E-state index < -0.39 is 0 Å². The van der Waals surface area contributed by atoms with Gasteiger partial charge in [0.15, 0.2) is 0 Å². The molecule has 3 nitrogen and oxygen atoms in total. The van der Waals surface area contributed by atoms with Crippen LogP contribution in [0.1, 0.15) is 31.2 Å². The standard InChI is InChI=1S/C16H22N2O/c19-16(12-13-4-2-1-3-5-13)17-14-8-10-18(11-9-14)15-6-7-15/h1-5,14-15H,6-12H2,(H,17,19). The highest BCUT2D eigenvalue weighted by molar-refractivity contribution is 5.78. The minimum absolute atomic E-state index is 0.163. The number of amides is 1. The molecule has 1 heterocycles. The van der Waals surface area contributed by atoms with Gasteiger partial charge in [-0.2, -0.15) is 0 Å². The molecular weight excluding hydrogens is 236 g/mol. The predicted molar refractivity (Wildman–Crippen MR) is 75.9 cm³/mol. The van der Waals surface area contributed by atoms with Gasteiger partial charge in [-0.15, -0.1) is 0 Å². The van der Waals surface area contributed by atoms with E-state index >= 15 is 0 Å². The summed E-state index contributed by atoms with van der Waals surface area (Å²) in [6, 6.07) is 11.2. The van der Waals surface area contributed by atoms with Crippen LogP contribution in [0.4, 0.5) is 0 Å². The Morgan fingerprint density at radius 3 is 2.42 bits per heavy atom. The Morgan fingerprint density at radius 1 is 1.11 bits per heavy atom. The van der Waals surface area contributed by atoms with Crippen molar-refractivity contribution in [1.82, 2.24) is 10.2 Å². The molecule has 1 saturated carbocycles. The summed E-state index contributed by atoms with van der Waals surface area (Å²) in [5, 5.41) is 3.18. The van der Waals surface area contributed by atoms with E-state index in [2.05, 4.69) is 10.2 Å². The number of nitrogens with zero attached hydrogens (tertiary/aromatic N) is 1. The van der Waals surface area contributed by atoms with E-state index in [0.717, 1.165) is 37.5 Å². The lowest BCUT2D eigenvalue weighted by atomic mass is 10.0. The summed E-state index contributed by atoms with van der Waals surface area (Å²) in [5.74, 6) is 0.163. The van der Waals surface area contributed by atoms with Crippen LogP contribution < -0.4 is 5.32 Å². The normalized spacial score (nSPS) is 21.3. The summed E-state index contributed by atoms with van der Waals surface area (Å²) in [7, 11) is 0. The first kappa shape index (κ1) is 12.7. The van der Waals surface area contributed by atoms with E-state index in [4.69, 9.17) is 0 Å². The summed E-state index contributed by atoms with van der Waals surface area (Å²) in [6.45, 7) is 2.31. The van der Waals surface area contributed by atoms with Crippen molar-refractivity contribution in [2.75, 3.05) is 13.1 Å². The fraction of sp³-hybridized carbons (Fsp3) is 0.562. The van der Waals surface area contributed by atoms with Crippen LogP contribution in [0.2, 0.25) is 0 Å². The number of rotatable bonds is 4. The molecule has 1 aliphatic heterocycles. The van der Waals surface area contributed by atoms with Crippen LogP contribution >= 0.6 is 0 Å². The fourth-order valence-electron chi connectivity index (χ4n) is 2.91. The summed E-state index contributed by atoms with van der Waals surface area (Å²) in [4.78, 5) is 14.6. The third kappa shape index (κ3) is 3.57. The van der Waals surface area contributed by atoms with Gasteiger partial charge in [0.1, 0.15) is 0 Å². The van der Waals surface area contributed by atoms with Crippen molar-refractivity contribution >= 4 is 5.91 Å². The van der Waals surface area contributed by atoms with Gasteiger partial charge in [-0.25, -0.2) is 0 Å². The highest BCUT2D eigenvalue weighted by Crippen LogP contribution is 2.29. The van der Waals surface area contributed by atoms with Crippen molar-refractivity contribution in [2.24, 2.45) is 0 Å². The Morgan fingerprint density at radius 2 is 1.79 bits per heavy atom. The third-order valence-corrected chi connectivity index (χ3v) is 4.17. The summed E-state index contributed by atoms with van der Waals surface area (Å²) in [5.41, 5.74) is 1.09. The number of likely N-dealkylation sites (tertiary alicyclic amines) is 1. The van der Waals surface area contributed by atoms with Crippen LogP contribution in [0, 0.1) is 0 Å². The molecule has 2 aliphatic rings. The van der Waals surface area contributed by atoms with Crippen molar-refractivity contribution < 1.29 is 4.79 Å². The molecule has 102 valence electrons. The lowest BCUT2D eigenvalue weighted by Crippen LogP contribution is -2.45. The first-order chi connectivity index (χ1) is 9.31. The minimum Gasteiger partial charge on any atom is -0.353 e. The number of hydrogen-bond acceptors (Lipinski definition) is 2. The van der Waals surface area contributed by atoms with E-state index in [-0.39, 0.29) is 5.91 Å². The number of piperidine rings is 1. The van der Waals surface area contributed by atoms with Gasteiger partial charge in [-0.3, -0.25) is 4.79 Å². The summed E-state index contributed by atoms with van der Waals surface area (Å²) < 4.78 is 0. The Bertz CT molecular complexity index is 420. The highest BCUT2D eigenvalue weighted by atomic mass is 16.1. The molecule has 0 atom stereocenters. The maximum absolute atomic E-state index is 12.0. The SMILES string of the molecule is O=C(Cc1ccccc1)NC1CCN(C2CC2)CC1. The molecule has 1 saturated heterocycles. The van der Waals surface area contributed by atoms with E-state index in [9.17, 15) is 4.79 Å². The second kappa shape index (κ2) is 5.74. The van der Waals surface area contributed by atoms with Crippen LogP contribution in [0.25, 0.3) is 0 Å². The topological polar surface area (TPSA) is 32.3 Å². The van der Waals surface area contributed by atoms with Crippen molar-refractivity contribution in [3.05, 3.63) is 35.9 Å². The van der Waals surface area contributed by atoms with E-state index in [1.807, 2.05) is 30.3 Å². The quantitative estimate of drug-likeness (QED) is 0.895. The maximum Gasteiger partial charge on any atom is 0.224 e. The van der Waals surface area contributed by atoms with Gasteiger partial charge in [0.2, 0.25) is 5.91 Å². The number of carbonyl (C=O) groups is 1. The minimum atomic E-state index is 0.163. The van der Waals surface area contributed by atoms with E-state index in [1.165, 1.54) is 12.8 Å².